The normalized spacial score (nSPS) is 32.7. The molecule has 5 heteroatoms. The van der Waals surface area contributed by atoms with Gasteiger partial charge in [-0.1, -0.05) is 6.92 Å². The van der Waals surface area contributed by atoms with Crippen LogP contribution in [0.4, 0.5) is 0 Å². The largest absolute Gasteiger partial charge is 0.369 e. The summed E-state index contributed by atoms with van der Waals surface area (Å²) in [6.07, 6.45) is 5.22. The van der Waals surface area contributed by atoms with Gasteiger partial charge in [0.1, 0.15) is 0 Å². The van der Waals surface area contributed by atoms with Crippen molar-refractivity contribution in [3.8, 4) is 6.07 Å². The van der Waals surface area contributed by atoms with Gasteiger partial charge < -0.3 is 5.73 Å². The zero-order chi connectivity index (χ0) is 13.1. The van der Waals surface area contributed by atoms with Crippen LogP contribution in [0.1, 0.15) is 19.8 Å². The second-order valence-corrected chi connectivity index (χ2v) is 5.08. The van der Waals surface area contributed by atoms with Crippen LogP contribution in [0, 0.1) is 23.2 Å². The fourth-order valence-corrected chi connectivity index (χ4v) is 2.60. The predicted molar refractivity (Wildman–Crippen MR) is 68.6 cm³/mol. The molecule has 0 radical (unpaired) electrons. The van der Waals surface area contributed by atoms with E-state index in [9.17, 15) is 4.79 Å². The summed E-state index contributed by atoms with van der Waals surface area (Å²) in [4.78, 5) is 17.6. The van der Waals surface area contributed by atoms with Gasteiger partial charge in [0.2, 0.25) is 5.91 Å². The lowest BCUT2D eigenvalue weighted by molar-refractivity contribution is -0.121. The minimum atomic E-state index is -0.216. The van der Waals surface area contributed by atoms with Crippen molar-refractivity contribution in [3.63, 3.8) is 0 Å². The summed E-state index contributed by atoms with van der Waals surface area (Å²) in [5, 5.41) is 8.99. The first kappa shape index (κ1) is 12.8. The van der Waals surface area contributed by atoms with E-state index in [1.54, 1.807) is 6.20 Å². The fraction of sp³-hybridized carbons (Fsp3) is 0.615. The number of carbonyl (C=O) groups excluding carboxylic acids is 1. The molecule has 2 aliphatic heterocycles. The second kappa shape index (κ2) is 5.32. The Balaban J connectivity index is 2.01. The highest BCUT2D eigenvalue weighted by Gasteiger charge is 2.32. The standard InChI is InChI=1S/C13H18N4O/c1-9-4-12(7-16-6-11(9)5-14)17-3-2-10(8-17)13(15)18/h6-7,9-10,12H,2-4,8H2,1H3,(H2,15,18). The van der Waals surface area contributed by atoms with Crippen LogP contribution in [0.3, 0.4) is 0 Å². The zero-order valence-electron chi connectivity index (χ0n) is 10.5. The van der Waals surface area contributed by atoms with Gasteiger partial charge in [-0.05, 0) is 25.3 Å². The third-order valence-electron chi connectivity index (χ3n) is 3.82. The molecule has 0 aromatic carbocycles. The topological polar surface area (TPSA) is 82.5 Å². The molecule has 0 aromatic heterocycles. The maximum Gasteiger partial charge on any atom is 0.221 e. The molecule has 1 fully saturated rings. The predicted octanol–water partition coefficient (Wildman–Crippen LogP) is 0.680. The van der Waals surface area contributed by atoms with Gasteiger partial charge in [-0.2, -0.15) is 5.26 Å². The summed E-state index contributed by atoms with van der Waals surface area (Å²) in [6, 6.07) is 2.39. The number of nitrogens with zero attached hydrogens (tertiary/aromatic N) is 3. The summed E-state index contributed by atoms with van der Waals surface area (Å²) in [6.45, 7) is 3.62. The van der Waals surface area contributed by atoms with Crippen molar-refractivity contribution in [1.29, 1.82) is 5.26 Å². The molecule has 1 saturated heterocycles. The highest BCUT2D eigenvalue weighted by Crippen LogP contribution is 2.25. The smallest absolute Gasteiger partial charge is 0.221 e. The van der Waals surface area contributed by atoms with Crippen molar-refractivity contribution >= 4 is 12.1 Å². The number of nitriles is 1. The summed E-state index contributed by atoms with van der Waals surface area (Å²) in [7, 11) is 0. The summed E-state index contributed by atoms with van der Waals surface area (Å²) in [5.41, 5.74) is 6.06. The molecule has 96 valence electrons. The minimum Gasteiger partial charge on any atom is -0.369 e. The lowest BCUT2D eigenvalue weighted by Crippen LogP contribution is -2.37. The third kappa shape index (κ3) is 2.59. The first-order chi connectivity index (χ1) is 8.61. The van der Waals surface area contributed by atoms with Crippen molar-refractivity contribution in [2.24, 2.45) is 22.6 Å². The van der Waals surface area contributed by atoms with Crippen molar-refractivity contribution in [2.45, 2.75) is 25.8 Å². The van der Waals surface area contributed by atoms with Crippen molar-refractivity contribution in [3.05, 3.63) is 11.8 Å². The monoisotopic (exact) mass is 246 g/mol. The van der Waals surface area contributed by atoms with E-state index >= 15 is 0 Å². The Bertz CT molecular complexity index is 435. The van der Waals surface area contributed by atoms with Crippen LogP contribution < -0.4 is 5.73 Å². The van der Waals surface area contributed by atoms with Gasteiger partial charge in [0.15, 0.2) is 0 Å². The molecule has 2 heterocycles. The molecule has 0 spiro atoms. The van der Waals surface area contributed by atoms with Crippen molar-refractivity contribution < 1.29 is 4.79 Å². The van der Waals surface area contributed by atoms with Crippen molar-refractivity contribution in [2.75, 3.05) is 13.1 Å². The molecule has 3 atom stereocenters. The lowest BCUT2D eigenvalue weighted by Gasteiger charge is -2.25. The zero-order valence-corrected chi connectivity index (χ0v) is 10.5. The second-order valence-electron chi connectivity index (χ2n) is 5.08. The van der Waals surface area contributed by atoms with E-state index in [2.05, 4.69) is 16.0 Å². The average molecular weight is 246 g/mol. The summed E-state index contributed by atoms with van der Waals surface area (Å²) < 4.78 is 0. The number of aliphatic imine (C=N–C) groups is 1. The van der Waals surface area contributed by atoms with E-state index in [4.69, 9.17) is 11.0 Å². The molecule has 0 aromatic rings. The van der Waals surface area contributed by atoms with Gasteiger partial charge in [-0.3, -0.25) is 14.7 Å². The third-order valence-corrected chi connectivity index (χ3v) is 3.82. The Morgan fingerprint density at radius 2 is 2.44 bits per heavy atom. The number of likely N-dealkylation sites (tertiary alicyclic amines) is 1. The number of hydrogen-bond acceptors (Lipinski definition) is 4. The van der Waals surface area contributed by atoms with Gasteiger partial charge in [-0.25, -0.2) is 0 Å². The minimum absolute atomic E-state index is 0.0413. The molecule has 2 rings (SSSR count). The number of allylic oxidation sites excluding steroid dienone is 1. The molecular weight excluding hydrogens is 228 g/mol. The molecule has 5 nitrogen and oxygen atoms in total. The molecule has 3 unspecified atom stereocenters. The maximum atomic E-state index is 11.2. The van der Waals surface area contributed by atoms with E-state index in [0.717, 1.165) is 25.0 Å². The Kier molecular flexibility index (Phi) is 3.78. The highest BCUT2D eigenvalue weighted by atomic mass is 16.1. The van der Waals surface area contributed by atoms with Crippen LogP contribution in [0.15, 0.2) is 16.8 Å². The molecule has 1 amide bonds. The van der Waals surface area contributed by atoms with E-state index in [-0.39, 0.29) is 23.8 Å². The lowest BCUT2D eigenvalue weighted by atomic mass is 9.95. The van der Waals surface area contributed by atoms with Crippen LogP contribution >= 0.6 is 0 Å². The Labute approximate surface area is 107 Å². The van der Waals surface area contributed by atoms with Gasteiger partial charge in [-0.15, -0.1) is 0 Å². The summed E-state index contributed by atoms with van der Waals surface area (Å²) >= 11 is 0. The average Bonchev–Trinajstić information content (AvgIpc) is 2.75. The van der Waals surface area contributed by atoms with E-state index in [0.29, 0.717) is 6.54 Å². The van der Waals surface area contributed by atoms with Gasteiger partial charge >= 0.3 is 0 Å². The van der Waals surface area contributed by atoms with Crippen LogP contribution in [-0.4, -0.2) is 36.2 Å². The number of hydrogen-bond donors (Lipinski definition) is 1. The number of rotatable bonds is 2. The molecular formula is C13H18N4O. The van der Waals surface area contributed by atoms with Crippen LogP contribution in [0.2, 0.25) is 0 Å². The maximum absolute atomic E-state index is 11.2. The molecule has 0 saturated carbocycles. The molecule has 2 aliphatic rings. The Hall–Kier alpha value is -1.67. The SMILES string of the molecule is CC1CC(N2CCC(C(N)=O)C2)C=NC=C1C#N. The highest BCUT2D eigenvalue weighted by molar-refractivity contribution is 5.77. The quantitative estimate of drug-likeness (QED) is 0.777. The summed E-state index contributed by atoms with van der Waals surface area (Å²) in [5.74, 6) is -0.0533. The first-order valence-electron chi connectivity index (χ1n) is 6.28. The number of amides is 1. The van der Waals surface area contributed by atoms with E-state index < -0.39 is 0 Å². The van der Waals surface area contributed by atoms with E-state index in [1.807, 2.05) is 13.1 Å². The Morgan fingerprint density at radius 1 is 1.67 bits per heavy atom. The van der Waals surface area contributed by atoms with E-state index in [1.165, 1.54) is 0 Å². The van der Waals surface area contributed by atoms with Crippen LogP contribution in [0.5, 0.6) is 0 Å². The van der Waals surface area contributed by atoms with Gasteiger partial charge in [0, 0.05) is 25.0 Å². The molecule has 0 bridgehead atoms. The van der Waals surface area contributed by atoms with Crippen molar-refractivity contribution in [1.82, 2.24) is 4.90 Å². The molecule has 0 aliphatic carbocycles. The molecule has 2 N–H and O–H groups in total. The number of carbonyl (C=O) groups is 1. The van der Waals surface area contributed by atoms with Crippen LogP contribution in [-0.2, 0) is 4.79 Å². The number of primary amides is 1. The first-order valence-corrected chi connectivity index (χ1v) is 6.28. The van der Waals surface area contributed by atoms with Crippen LogP contribution in [0.25, 0.3) is 0 Å². The Morgan fingerprint density at radius 3 is 3.06 bits per heavy atom. The van der Waals surface area contributed by atoms with Gasteiger partial charge in [0.05, 0.1) is 17.6 Å². The number of nitrogens with two attached hydrogens (primary N) is 1. The molecule has 18 heavy (non-hydrogen) atoms. The fourth-order valence-electron chi connectivity index (χ4n) is 2.60. The van der Waals surface area contributed by atoms with Gasteiger partial charge in [0.25, 0.3) is 0 Å².